The van der Waals surface area contributed by atoms with Crippen LogP contribution in [0.3, 0.4) is 0 Å². The highest BCUT2D eigenvalue weighted by Gasteiger charge is 2.27. The second-order valence-corrected chi connectivity index (χ2v) is 7.16. The number of benzene rings is 1. The van der Waals surface area contributed by atoms with Crippen LogP contribution >= 0.6 is 0 Å². The lowest BCUT2D eigenvalue weighted by Gasteiger charge is -2.24. The van der Waals surface area contributed by atoms with E-state index in [1.165, 1.54) is 0 Å². The summed E-state index contributed by atoms with van der Waals surface area (Å²) in [5.74, 6) is -1.29. The molecule has 5 nitrogen and oxygen atoms in total. The fraction of sp³-hybridized carbons (Fsp3) is 0.500. The van der Waals surface area contributed by atoms with Crippen molar-refractivity contribution in [2.24, 2.45) is 5.92 Å². The van der Waals surface area contributed by atoms with Gasteiger partial charge in [0.1, 0.15) is 5.60 Å². The molecule has 1 rings (SSSR count). The number of esters is 1. The highest BCUT2D eigenvalue weighted by molar-refractivity contribution is 5.84. The van der Waals surface area contributed by atoms with Gasteiger partial charge in [0.25, 0.3) is 0 Å². The molecule has 1 aromatic rings. The van der Waals surface area contributed by atoms with E-state index in [2.05, 4.69) is 11.9 Å². The van der Waals surface area contributed by atoms with E-state index < -0.39 is 29.6 Å². The van der Waals surface area contributed by atoms with Gasteiger partial charge in [-0.3, -0.25) is 9.59 Å². The third-order valence-corrected chi connectivity index (χ3v) is 3.64. The van der Waals surface area contributed by atoms with Crippen molar-refractivity contribution < 1.29 is 19.4 Å². The predicted octanol–water partition coefficient (Wildman–Crippen LogP) is 3.15. The van der Waals surface area contributed by atoms with Crippen LogP contribution in [0.4, 0.5) is 0 Å². The Labute approximate surface area is 150 Å². The molecule has 0 fully saturated rings. The van der Waals surface area contributed by atoms with Crippen LogP contribution < -0.4 is 5.32 Å². The molecule has 138 valence electrons. The van der Waals surface area contributed by atoms with Crippen LogP contribution in [0.1, 0.15) is 52.2 Å². The molecular weight excluding hydrogens is 318 g/mol. The molecule has 1 aromatic carbocycles. The van der Waals surface area contributed by atoms with E-state index in [0.717, 1.165) is 5.56 Å². The van der Waals surface area contributed by atoms with E-state index in [-0.39, 0.29) is 12.3 Å². The summed E-state index contributed by atoms with van der Waals surface area (Å²) in [5.41, 5.74) is 0.131. The Morgan fingerprint density at radius 1 is 1.28 bits per heavy atom. The molecule has 5 heteroatoms. The maximum Gasteiger partial charge on any atom is 0.307 e. The number of carbonyl (C=O) groups excluding carboxylic acids is 2. The number of hydrogen-bond acceptors (Lipinski definition) is 4. The predicted molar refractivity (Wildman–Crippen MR) is 97.8 cm³/mol. The lowest BCUT2D eigenvalue weighted by molar-refractivity contribution is -0.157. The molecule has 0 radical (unpaired) electrons. The summed E-state index contributed by atoms with van der Waals surface area (Å²) in [4.78, 5) is 24.5. The first-order valence-electron chi connectivity index (χ1n) is 8.50. The van der Waals surface area contributed by atoms with E-state index in [9.17, 15) is 14.7 Å². The summed E-state index contributed by atoms with van der Waals surface area (Å²) in [7, 11) is 0. The zero-order valence-electron chi connectivity index (χ0n) is 15.5. The lowest BCUT2D eigenvalue weighted by Crippen LogP contribution is -2.41. The van der Waals surface area contributed by atoms with Crippen LogP contribution in [0.25, 0.3) is 0 Å². The van der Waals surface area contributed by atoms with E-state index in [4.69, 9.17) is 4.74 Å². The Morgan fingerprint density at radius 3 is 2.40 bits per heavy atom. The molecule has 1 amide bonds. The molecule has 0 aromatic heterocycles. The summed E-state index contributed by atoms with van der Waals surface area (Å²) >= 11 is 0. The number of aliphatic hydroxyl groups is 1. The van der Waals surface area contributed by atoms with E-state index in [1.54, 1.807) is 45.9 Å². The van der Waals surface area contributed by atoms with Gasteiger partial charge < -0.3 is 15.2 Å². The van der Waals surface area contributed by atoms with Gasteiger partial charge in [0, 0.05) is 0 Å². The van der Waals surface area contributed by atoms with Gasteiger partial charge in [0.15, 0.2) is 0 Å². The Bertz CT molecular complexity index is 577. The van der Waals surface area contributed by atoms with Gasteiger partial charge in [-0.2, -0.15) is 0 Å². The fourth-order valence-electron chi connectivity index (χ4n) is 2.43. The fourth-order valence-corrected chi connectivity index (χ4v) is 2.43. The molecule has 0 bridgehead atoms. The SMILES string of the molecule is C=CCC(CC(=O)OC(C)(C)C)C(=O)NC(C)C(O)c1ccccc1. The molecule has 0 aliphatic heterocycles. The molecular formula is C20H29NO4. The average molecular weight is 347 g/mol. The van der Waals surface area contributed by atoms with Gasteiger partial charge in [-0.15, -0.1) is 6.58 Å². The zero-order valence-corrected chi connectivity index (χ0v) is 15.5. The smallest absolute Gasteiger partial charge is 0.307 e. The van der Waals surface area contributed by atoms with Crippen molar-refractivity contribution in [3.05, 3.63) is 48.6 Å². The largest absolute Gasteiger partial charge is 0.460 e. The maximum atomic E-state index is 12.5. The molecule has 3 unspecified atom stereocenters. The topological polar surface area (TPSA) is 75.6 Å². The van der Waals surface area contributed by atoms with Crippen LogP contribution in [0, 0.1) is 5.92 Å². The Morgan fingerprint density at radius 2 is 1.88 bits per heavy atom. The summed E-state index contributed by atoms with van der Waals surface area (Å²) in [5, 5.41) is 13.1. The van der Waals surface area contributed by atoms with Gasteiger partial charge in [-0.25, -0.2) is 0 Å². The maximum absolute atomic E-state index is 12.5. The first-order valence-corrected chi connectivity index (χ1v) is 8.50. The number of allylic oxidation sites excluding steroid dienone is 1. The second-order valence-electron chi connectivity index (χ2n) is 7.16. The number of aliphatic hydroxyl groups excluding tert-OH is 1. The van der Waals surface area contributed by atoms with Crippen molar-refractivity contribution in [2.75, 3.05) is 0 Å². The number of rotatable bonds is 8. The van der Waals surface area contributed by atoms with Gasteiger partial charge >= 0.3 is 5.97 Å². The number of amides is 1. The van der Waals surface area contributed by atoms with Crippen LogP contribution in [0.15, 0.2) is 43.0 Å². The van der Waals surface area contributed by atoms with E-state index in [1.807, 2.05) is 18.2 Å². The Hall–Kier alpha value is -2.14. The van der Waals surface area contributed by atoms with Gasteiger partial charge in [-0.1, -0.05) is 36.4 Å². The minimum Gasteiger partial charge on any atom is -0.460 e. The molecule has 0 aliphatic rings. The molecule has 0 saturated carbocycles. The highest BCUT2D eigenvalue weighted by atomic mass is 16.6. The number of ether oxygens (including phenoxy) is 1. The zero-order chi connectivity index (χ0) is 19.0. The number of nitrogens with one attached hydrogen (secondary N) is 1. The molecule has 3 atom stereocenters. The normalized spacial score (nSPS) is 14.9. The van der Waals surface area contributed by atoms with Crippen LogP contribution in [-0.4, -0.2) is 28.6 Å². The summed E-state index contributed by atoms with van der Waals surface area (Å²) < 4.78 is 5.28. The third-order valence-electron chi connectivity index (χ3n) is 3.64. The minimum absolute atomic E-state index is 0.0245. The first kappa shape index (κ1) is 20.9. The summed E-state index contributed by atoms with van der Waals surface area (Å²) in [6, 6.07) is 8.64. The van der Waals surface area contributed by atoms with Crippen molar-refractivity contribution in [3.8, 4) is 0 Å². The summed E-state index contributed by atoms with van der Waals surface area (Å²) in [6.07, 6.45) is 1.12. The Balaban J connectivity index is 2.69. The molecule has 0 heterocycles. The van der Waals surface area contributed by atoms with E-state index >= 15 is 0 Å². The quantitative estimate of drug-likeness (QED) is 0.559. The molecule has 2 N–H and O–H groups in total. The Kier molecular flexibility index (Phi) is 7.84. The summed E-state index contributed by atoms with van der Waals surface area (Å²) in [6.45, 7) is 10.7. The van der Waals surface area contributed by atoms with Crippen LogP contribution in [-0.2, 0) is 14.3 Å². The number of hydrogen-bond donors (Lipinski definition) is 2. The van der Waals surface area contributed by atoms with Gasteiger partial charge in [-0.05, 0) is 39.7 Å². The molecule has 25 heavy (non-hydrogen) atoms. The van der Waals surface area contributed by atoms with Crippen molar-refractivity contribution in [3.63, 3.8) is 0 Å². The standard InChI is InChI=1S/C20H29NO4/c1-6-10-16(13-17(22)25-20(3,4)5)19(24)21-14(2)18(23)15-11-8-7-9-12-15/h6-9,11-12,14,16,18,23H,1,10,13H2,2-5H3,(H,21,24). The molecule has 0 aliphatic carbocycles. The molecule has 0 spiro atoms. The van der Waals surface area contributed by atoms with Crippen molar-refractivity contribution in [2.45, 2.75) is 58.3 Å². The van der Waals surface area contributed by atoms with Crippen molar-refractivity contribution in [1.82, 2.24) is 5.32 Å². The average Bonchev–Trinajstić information content (AvgIpc) is 2.52. The lowest BCUT2D eigenvalue weighted by atomic mass is 9.98. The second kappa shape index (κ2) is 9.37. The van der Waals surface area contributed by atoms with Crippen molar-refractivity contribution >= 4 is 11.9 Å². The highest BCUT2D eigenvalue weighted by Crippen LogP contribution is 2.19. The van der Waals surface area contributed by atoms with Gasteiger partial charge in [0.05, 0.1) is 24.5 Å². The number of carbonyl (C=O) groups is 2. The minimum atomic E-state index is -0.823. The van der Waals surface area contributed by atoms with Crippen molar-refractivity contribution in [1.29, 1.82) is 0 Å². The van der Waals surface area contributed by atoms with Crippen LogP contribution in [0.5, 0.6) is 0 Å². The monoisotopic (exact) mass is 347 g/mol. The van der Waals surface area contributed by atoms with Crippen LogP contribution in [0.2, 0.25) is 0 Å². The van der Waals surface area contributed by atoms with Gasteiger partial charge in [0.2, 0.25) is 5.91 Å². The molecule has 0 saturated heterocycles. The van der Waals surface area contributed by atoms with E-state index in [0.29, 0.717) is 6.42 Å². The third kappa shape index (κ3) is 7.52. The first-order chi connectivity index (χ1) is 11.6.